The van der Waals surface area contributed by atoms with Crippen molar-refractivity contribution in [3.05, 3.63) is 97.7 Å². The molecule has 0 spiro atoms. The Balaban J connectivity index is 1.21. The molecule has 3 aromatic carbocycles. The molecule has 0 aliphatic rings. The lowest BCUT2D eigenvalue weighted by Crippen LogP contribution is -2.15. The van der Waals surface area contributed by atoms with Crippen LogP contribution in [0.15, 0.2) is 71.5 Å². The zero-order valence-corrected chi connectivity index (χ0v) is 29.2. The Morgan fingerprint density at radius 1 is 0.830 bits per heavy atom. The Kier molecular flexibility index (Phi) is 14.5. The lowest BCUT2D eigenvalue weighted by atomic mass is 10.1. The SMILES string of the molecule is CCCCCCCCCCCCOc1ccc(OS(=O)Nc2cccc(C(=O)Nc3cc(=O)n(-c4c(Cl)cc(Cl)cc4Cl)[nH]3)c2)cc1. The van der Waals surface area contributed by atoms with Gasteiger partial charge < -0.3 is 14.2 Å². The summed E-state index contributed by atoms with van der Waals surface area (Å²) in [7, 11) is 0. The van der Waals surface area contributed by atoms with Crippen molar-refractivity contribution in [2.45, 2.75) is 71.1 Å². The number of rotatable bonds is 19. The van der Waals surface area contributed by atoms with Gasteiger partial charge in [0.2, 0.25) is 0 Å². The zero-order valence-electron chi connectivity index (χ0n) is 26.2. The number of carbonyl (C=O) groups is 1. The number of ether oxygens (including phenoxy) is 1. The van der Waals surface area contributed by atoms with E-state index in [9.17, 15) is 13.8 Å². The van der Waals surface area contributed by atoms with Crippen molar-refractivity contribution in [3.8, 4) is 17.2 Å². The first-order valence-corrected chi connectivity index (χ1v) is 17.9. The molecule has 47 heavy (non-hydrogen) atoms. The minimum atomic E-state index is -1.94. The molecule has 0 saturated carbocycles. The molecule has 0 aliphatic carbocycles. The van der Waals surface area contributed by atoms with Crippen molar-refractivity contribution in [2.75, 3.05) is 16.6 Å². The summed E-state index contributed by atoms with van der Waals surface area (Å²) < 4.78 is 27.8. The fourth-order valence-electron chi connectivity index (χ4n) is 4.87. The van der Waals surface area contributed by atoms with Crippen LogP contribution in [0.25, 0.3) is 5.69 Å². The van der Waals surface area contributed by atoms with E-state index in [2.05, 4.69) is 22.1 Å². The molecule has 0 fully saturated rings. The maximum Gasteiger partial charge on any atom is 0.316 e. The summed E-state index contributed by atoms with van der Waals surface area (Å²) in [6.45, 7) is 2.90. The Bertz CT molecular complexity index is 1670. The fourth-order valence-corrected chi connectivity index (χ4v) is 6.50. The molecule has 252 valence electrons. The van der Waals surface area contributed by atoms with Crippen molar-refractivity contribution in [2.24, 2.45) is 0 Å². The van der Waals surface area contributed by atoms with Crippen molar-refractivity contribution < 1.29 is 17.9 Å². The molecule has 1 aromatic heterocycles. The smallest absolute Gasteiger partial charge is 0.316 e. The number of amides is 1. The standard InChI is InChI=1S/C34H39Cl3N4O5S/c1-2-3-4-5-6-7-8-9-10-11-19-45-27-15-17-28(18-16-27)46-47(44)40-26-14-12-13-24(20-26)34(43)38-31-23-32(42)41(39-31)33-29(36)21-25(35)22-30(33)37/h12-18,20-23,39-40H,2-11,19H2,1H3,(H,38,43). The predicted octanol–water partition coefficient (Wildman–Crippen LogP) is 9.75. The van der Waals surface area contributed by atoms with E-state index in [1.54, 1.807) is 42.5 Å². The summed E-state index contributed by atoms with van der Waals surface area (Å²) in [5.74, 6) is 0.714. The van der Waals surface area contributed by atoms with E-state index < -0.39 is 22.7 Å². The van der Waals surface area contributed by atoms with E-state index in [1.165, 1.54) is 75.6 Å². The number of halogens is 3. The molecule has 9 nitrogen and oxygen atoms in total. The summed E-state index contributed by atoms with van der Waals surface area (Å²) in [6.07, 6.45) is 12.7. The number of H-pyrrole nitrogens is 1. The van der Waals surface area contributed by atoms with Crippen LogP contribution in [0, 0.1) is 0 Å². The number of hydrogen-bond acceptors (Lipinski definition) is 5. The average molecular weight is 722 g/mol. The van der Waals surface area contributed by atoms with E-state index in [4.69, 9.17) is 43.7 Å². The second-order valence-electron chi connectivity index (χ2n) is 11.0. The molecule has 4 aromatic rings. The molecular formula is C34H39Cl3N4O5S. The van der Waals surface area contributed by atoms with Gasteiger partial charge in [-0.05, 0) is 61.0 Å². The second kappa shape index (κ2) is 18.8. The van der Waals surface area contributed by atoms with Gasteiger partial charge in [-0.25, -0.2) is 4.68 Å². The fraction of sp³-hybridized carbons (Fsp3) is 0.353. The summed E-state index contributed by atoms with van der Waals surface area (Å²) >= 11 is 16.5. The number of benzene rings is 3. The highest BCUT2D eigenvalue weighted by Crippen LogP contribution is 2.31. The van der Waals surface area contributed by atoms with E-state index in [0.29, 0.717) is 23.1 Å². The van der Waals surface area contributed by atoms with Crippen molar-refractivity contribution >= 4 is 63.5 Å². The Hall–Kier alpha value is -3.44. The highest BCUT2D eigenvalue weighted by Gasteiger charge is 2.16. The molecule has 4 rings (SSSR count). The lowest BCUT2D eigenvalue weighted by Gasteiger charge is -2.10. The second-order valence-corrected chi connectivity index (χ2v) is 13.1. The molecule has 3 N–H and O–H groups in total. The van der Waals surface area contributed by atoms with Gasteiger partial charge in [0.25, 0.3) is 11.5 Å². The van der Waals surface area contributed by atoms with Crippen molar-refractivity contribution in [1.29, 1.82) is 0 Å². The van der Waals surface area contributed by atoms with Gasteiger partial charge in [0.1, 0.15) is 23.0 Å². The maximum absolute atomic E-state index is 12.9. The molecule has 0 bridgehead atoms. The normalized spacial score (nSPS) is 11.7. The van der Waals surface area contributed by atoms with Crippen LogP contribution >= 0.6 is 34.8 Å². The third kappa shape index (κ3) is 11.6. The molecule has 1 amide bonds. The number of anilines is 2. The van der Waals surface area contributed by atoms with Crippen LogP contribution in [0.4, 0.5) is 11.5 Å². The van der Waals surface area contributed by atoms with Crippen LogP contribution in [0.1, 0.15) is 81.5 Å². The van der Waals surface area contributed by atoms with E-state index >= 15 is 0 Å². The molecule has 1 unspecified atom stereocenters. The van der Waals surface area contributed by atoms with Gasteiger partial charge in [-0.2, -0.15) is 4.21 Å². The van der Waals surface area contributed by atoms with Crippen molar-refractivity contribution in [1.82, 2.24) is 9.78 Å². The van der Waals surface area contributed by atoms with Crippen molar-refractivity contribution in [3.63, 3.8) is 0 Å². The average Bonchev–Trinajstić information content (AvgIpc) is 3.39. The molecule has 0 aliphatic heterocycles. The maximum atomic E-state index is 12.9. The first-order valence-electron chi connectivity index (χ1n) is 15.7. The van der Waals surface area contributed by atoms with Gasteiger partial charge in [-0.3, -0.25) is 19.4 Å². The first-order chi connectivity index (χ1) is 22.7. The van der Waals surface area contributed by atoms with Crippen LogP contribution in [0.5, 0.6) is 11.5 Å². The van der Waals surface area contributed by atoms with Gasteiger partial charge in [0, 0.05) is 16.7 Å². The molecule has 0 saturated heterocycles. The zero-order chi connectivity index (χ0) is 33.6. The first kappa shape index (κ1) is 36.4. The number of aromatic amines is 1. The highest BCUT2D eigenvalue weighted by molar-refractivity contribution is 7.81. The van der Waals surface area contributed by atoms with Crippen LogP contribution in [-0.2, 0) is 11.3 Å². The minimum absolute atomic E-state index is 0.114. The number of aromatic nitrogens is 2. The molecule has 1 atom stereocenters. The van der Waals surface area contributed by atoms with E-state index in [0.717, 1.165) is 23.3 Å². The Labute approximate surface area is 292 Å². The number of carbonyl (C=O) groups excluding carboxylic acids is 1. The van der Waals surface area contributed by atoms with Gasteiger partial charge in [-0.1, -0.05) is 106 Å². The topological polar surface area (TPSA) is 114 Å². The van der Waals surface area contributed by atoms with Gasteiger partial charge in [0.15, 0.2) is 0 Å². The van der Waals surface area contributed by atoms with E-state index in [-0.39, 0.29) is 27.1 Å². The summed E-state index contributed by atoms with van der Waals surface area (Å²) in [5.41, 5.74) is 0.330. The number of nitrogens with one attached hydrogen (secondary N) is 3. The van der Waals surface area contributed by atoms with Gasteiger partial charge in [0.05, 0.1) is 22.3 Å². The quantitative estimate of drug-likeness (QED) is 0.0835. The third-order valence-corrected chi connectivity index (χ3v) is 8.80. The number of unbranched alkanes of at least 4 members (excludes halogenated alkanes) is 9. The minimum Gasteiger partial charge on any atom is -0.494 e. The Morgan fingerprint density at radius 3 is 2.11 bits per heavy atom. The summed E-state index contributed by atoms with van der Waals surface area (Å²) in [6, 6.07) is 17.4. The molecular weight excluding hydrogens is 683 g/mol. The Morgan fingerprint density at radius 2 is 1.45 bits per heavy atom. The summed E-state index contributed by atoms with van der Waals surface area (Å²) in [5, 5.41) is 6.03. The molecule has 1 heterocycles. The largest absolute Gasteiger partial charge is 0.494 e. The van der Waals surface area contributed by atoms with Crippen LogP contribution in [0.2, 0.25) is 15.1 Å². The number of nitrogens with zero attached hydrogens (tertiary/aromatic N) is 1. The van der Waals surface area contributed by atoms with Gasteiger partial charge >= 0.3 is 11.3 Å². The molecule has 13 heteroatoms. The lowest BCUT2D eigenvalue weighted by molar-refractivity contribution is 0.102. The van der Waals surface area contributed by atoms with Gasteiger partial charge in [-0.15, -0.1) is 0 Å². The highest BCUT2D eigenvalue weighted by atomic mass is 35.5. The predicted molar refractivity (Wildman–Crippen MR) is 192 cm³/mol. The van der Waals surface area contributed by atoms with Crippen LogP contribution < -0.4 is 24.5 Å². The monoisotopic (exact) mass is 720 g/mol. The van der Waals surface area contributed by atoms with Crippen LogP contribution in [0.3, 0.4) is 0 Å². The summed E-state index contributed by atoms with van der Waals surface area (Å²) in [4.78, 5) is 25.5. The molecule has 0 radical (unpaired) electrons. The van der Waals surface area contributed by atoms with Crippen LogP contribution in [-0.4, -0.2) is 26.5 Å². The van der Waals surface area contributed by atoms with E-state index in [1.807, 2.05) is 0 Å². The third-order valence-electron chi connectivity index (χ3n) is 7.26. The number of hydrogen-bond donors (Lipinski definition) is 3.